The Hall–Kier alpha value is -2.34. The molecule has 1 aliphatic heterocycles. The number of rotatable bonds is 3. The largest absolute Gasteiger partial charge is 0.354 e. The quantitative estimate of drug-likeness (QED) is 0.811. The number of fused-ring (bicyclic) bond motifs is 1. The Morgan fingerprint density at radius 2 is 2.20 bits per heavy atom. The highest BCUT2D eigenvalue weighted by Crippen LogP contribution is 2.24. The van der Waals surface area contributed by atoms with Gasteiger partial charge < -0.3 is 0 Å². The molecule has 2 heterocycles. The number of allylic oxidation sites excluding steroid dienone is 1. The second kappa shape index (κ2) is 4.64. The predicted octanol–water partition coefficient (Wildman–Crippen LogP) is 1.87. The van der Waals surface area contributed by atoms with E-state index in [1.807, 2.05) is 0 Å². The van der Waals surface area contributed by atoms with E-state index in [2.05, 4.69) is 11.7 Å². The predicted molar refractivity (Wildman–Crippen MR) is 75.1 cm³/mol. The van der Waals surface area contributed by atoms with E-state index in [1.54, 1.807) is 30.3 Å². The van der Waals surface area contributed by atoms with Gasteiger partial charge in [-0.25, -0.2) is 14.3 Å². The smallest absolute Gasteiger partial charge is 0.286 e. The first kappa shape index (κ1) is 12.7. The van der Waals surface area contributed by atoms with E-state index in [9.17, 15) is 9.59 Å². The molecule has 0 saturated heterocycles. The molecule has 1 aliphatic rings. The fourth-order valence-electron chi connectivity index (χ4n) is 2.16. The van der Waals surface area contributed by atoms with Crippen molar-refractivity contribution < 1.29 is 4.79 Å². The highest BCUT2D eigenvalue weighted by Gasteiger charge is 2.33. The van der Waals surface area contributed by atoms with E-state index in [1.165, 1.54) is 9.58 Å². The zero-order chi connectivity index (χ0) is 14.3. The third kappa shape index (κ3) is 1.85. The van der Waals surface area contributed by atoms with Crippen LogP contribution in [0.4, 0.5) is 10.5 Å². The van der Waals surface area contributed by atoms with Crippen LogP contribution in [0, 0.1) is 0 Å². The molecule has 1 aromatic heterocycles. The third-order valence-electron chi connectivity index (χ3n) is 3.05. The highest BCUT2D eigenvalue weighted by atomic mass is 35.5. The van der Waals surface area contributed by atoms with E-state index >= 15 is 0 Å². The van der Waals surface area contributed by atoms with Crippen LogP contribution in [0.15, 0.2) is 41.7 Å². The van der Waals surface area contributed by atoms with Gasteiger partial charge in [-0.1, -0.05) is 23.7 Å². The summed E-state index contributed by atoms with van der Waals surface area (Å²) in [6.45, 7) is 4.08. The molecule has 3 rings (SSSR count). The third-order valence-corrected chi connectivity index (χ3v) is 3.29. The first-order valence-corrected chi connectivity index (χ1v) is 6.36. The van der Waals surface area contributed by atoms with E-state index in [4.69, 9.17) is 11.6 Å². The van der Waals surface area contributed by atoms with Crippen molar-refractivity contribution in [2.45, 2.75) is 13.1 Å². The van der Waals surface area contributed by atoms with E-state index in [0.29, 0.717) is 16.5 Å². The van der Waals surface area contributed by atoms with Gasteiger partial charge in [0.1, 0.15) is 0 Å². The number of carbonyl (C=O) groups excluding carboxylic acids is 1. The fourth-order valence-corrected chi connectivity index (χ4v) is 2.35. The average molecular weight is 291 g/mol. The van der Waals surface area contributed by atoms with Crippen molar-refractivity contribution in [3.63, 3.8) is 0 Å². The number of benzene rings is 1. The van der Waals surface area contributed by atoms with Gasteiger partial charge in [0, 0.05) is 10.7 Å². The summed E-state index contributed by atoms with van der Waals surface area (Å²) < 4.78 is 2.29. The maximum absolute atomic E-state index is 12.3. The molecule has 0 radical (unpaired) electrons. The molecule has 0 atom stereocenters. The van der Waals surface area contributed by atoms with Crippen molar-refractivity contribution >= 4 is 23.3 Å². The lowest BCUT2D eigenvalue weighted by Gasteiger charge is -2.14. The van der Waals surface area contributed by atoms with Crippen LogP contribution in [-0.2, 0) is 13.1 Å². The number of carbonyl (C=O) groups is 1. The maximum atomic E-state index is 12.3. The summed E-state index contributed by atoms with van der Waals surface area (Å²) in [5.41, 5.74) is 0.192. The lowest BCUT2D eigenvalue weighted by atomic mass is 10.3. The van der Waals surface area contributed by atoms with E-state index in [-0.39, 0.29) is 13.1 Å². The molecule has 0 bridgehead atoms. The summed E-state index contributed by atoms with van der Waals surface area (Å²) in [4.78, 5) is 25.8. The minimum absolute atomic E-state index is 0.249. The minimum atomic E-state index is -0.450. The Bertz CT molecular complexity index is 762. The van der Waals surface area contributed by atoms with Crippen LogP contribution in [0.5, 0.6) is 0 Å². The number of halogens is 1. The van der Waals surface area contributed by atoms with Gasteiger partial charge >= 0.3 is 11.7 Å². The molecular weight excluding hydrogens is 280 g/mol. The van der Waals surface area contributed by atoms with Crippen LogP contribution in [0.3, 0.4) is 0 Å². The van der Waals surface area contributed by atoms with Gasteiger partial charge in [-0.2, -0.15) is 9.67 Å². The monoisotopic (exact) mass is 290 g/mol. The van der Waals surface area contributed by atoms with E-state index < -0.39 is 11.7 Å². The normalized spacial score (nSPS) is 13.7. The van der Waals surface area contributed by atoms with Crippen molar-refractivity contribution in [1.82, 2.24) is 14.3 Å². The number of hydrogen-bond donors (Lipinski definition) is 0. The topological polar surface area (TPSA) is 60.1 Å². The Balaban J connectivity index is 2.00. The molecule has 20 heavy (non-hydrogen) atoms. The van der Waals surface area contributed by atoms with Gasteiger partial charge in [0.2, 0.25) is 0 Å². The molecule has 0 aliphatic carbocycles. The first-order chi connectivity index (χ1) is 9.61. The maximum Gasteiger partial charge on any atom is 0.354 e. The summed E-state index contributed by atoms with van der Waals surface area (Å²) >= 11 is 5.92. The zero-order valence-corrected chi connectivity index (χ0v) is 11.2. The molecule has 0 spiro atoms. The second-order valence-corrected chi connectivity index (χ2v) is 4.79. The van der Waals surface area contributed by atoms with Crippen molar-refractivity contribution in [2.24, 2.45) is 0 Å². The standard InChI is InChI=1S/C13H11ClN4O2/c1-2-6-17-13(20)18-11(15-17)8-16(12(18)19)10-5-3-4-9(14)7-10/h2-5,7H,1,6,8H2. The SMILES string of the molecule is C=CCn1nc2n(c1=O)C(=O)N(c1cccc(Cl)c1)C2. The Morgan fingerprint density at radius 3 is 2.85 bits per heavy atom. The zero-order valence-electron chi connectivity index (χ0n) is 10.5. The van der Waals surface area contributed by atoms with Crippen molar-refractivity contribution in [3.05, 3.63) is 58.3 Å². The van der Waals surface area contributed by atoms with Crippen LogP contribution < -0.4 is 10.6 Å². The molecule has 1 aromatic carbocycles. The second-order valence-electron chi connectivity index (χ2n) is 4.35. The summed E-state index contributed by atoms with van der Waals surface area (Å²) in [6, 6.07) is 6.50. The van der Waals surface area contributed by atoms with Gasteiger partial charge in [-0.15, -0.1) is 6.58 Å². The molecule has 7 heteroatoms. The summed E-state index contributed by atoms with van der Waals surface area (Å²) in [5, 5.41) is 4.66. The number of nitrogens with zero attached hydrogens (tertiary/aromatic N) is 4. The van der Waals surface area contributed by atoms with Gasteiger partial charge in [-0.3, -0.25) is 4.90 Å². The molecule has 2 aromatic rings. The van der Waals surface area contributed by atoms with Gasteiger partial charge in [-0.05, 0) is 18.2 Å². The van der Waals surface area contributed by atoms with Gasteiger partial charge in [0.25, 0.3) is 0 Å². The summed E-state index contributed by atoms with van der Waals surface area (Å²) in [6.07, 6.45) is 1.56. The Kier molecular flexibility index (Phi) is 2.94. The van der Waals surface area contributed by atoms with Crippen LogP contribution in [-0.4, -0.2) is 20.4 Å². The molecule has 6 nitrogen and oxygen atoms in total. The lowest BCUT2D eigenvalue weighted by Crippen LogP contribution is -2.34. The molecule has 0 fully saturated rings. The molecule has 0 N–H and O–H groups in total. The average Bonchev–Trinajstić information content (AvgIpc) is 2.89. The Labute approximate surface area is 119 Å². The molecule has 102 valence electrons. The molecule has 1 amide bonds. The number of aromatic nitrogens is 3. The molecule has 0 saturated carbocycles. The summed E-state index contributed by atoms with van der Waals surface area (Å²) in [5.74, 6) is 0.418. The van der Waals surface area contributed by atoms with Gasteiger partial charge in [0.05, 0.1) is 13.1 Å². The van der Waals surface area contributed by atoms with Crippen LogP contribution in [0.1, 0.15) is 5.82 Å². The fraction of sp³-hybridized carbons (Fsp3) is 0.154. The molecular formula is C13H11ClN4O2. The number of hydrogen-bond acceptors (Lipinski definition) is 3. The van der Waals surface area contributed by atoms with Crippen molar-refractivity contribution in [2.75, 3.05) is 4.90 Å². The van der Waals surface area contributed by atoms with Crippen LogP contribution in [0.2, 0.25) is 5.02 Å². The Morgan fingerprint density at radius 1 is 1.40 bits per heavy atom. The number of amides is 1. The summed E-state index contributed by atoms with van der Waals surface area (Å²) in [7, 11) is 0. The van der Waals surface area contributed by atoms with Crippen molar-refractivity contribution in [3.8, 4) is 0 Å². The van der Waals surface area contributed by atoms with Crippen molar-refractivity contribution in [1.29, 1.82) is 0 Å². The van der Waals surface area contributed by atoms with Crippen LogP contribution >= 0.6 is 11.6 Å². The van der Waals surface area contributed by atoms with Gasteiger partial charge in [0.15, 0.2) is 5.82 Å². The molecule has 0 unspecified atom stereocenters. The highest BCUT2D eigenvalue weighted by molar-refractivity contribution is 6.30. The minimum Gasteiger partial charge on any atom is -0.286 e. The lowest BCUT2D eigenvalue weighted by molar-refractivity contribution is 0.250. The number of anilines is 1. The van der Waals surface area contributed by atoms with E-state index in [0.717, 1.165) is 4.57 Å². The van der Waals surface area contributed by atoms with Crippen LogP contribution in [0.25, 0.3) is 0 Å². The first-order valence-electron chi connectivity index (χ1n) is 5.99.